The molecule has 0 saturated carbocycles. The molecule has 0 radical (unpaired) electrons. The topological polar surface area (TPSA) is 19.4 Å². The van der Waals surface area contributed by atoms with Gasteiger partial charge < -0.3 is 9.80 Å². The Morgan fingerprint density at radius 2 is 1.75 bits per heavy atom. The third-order valence-electron chi connectivity index (χ3n) is 3.67. The predicted molar refractivity (Wildman–Crippen MR) is 87.4 cm³/mol. The maximum Gasteiger partial charge on any atom is 0.0935 e. The van der Waals surface area contributed by atoms with E-state index in [-0.39, 0.29) is 0 Å². The van der Waals surface area contributed by atoms with E-state index in [2.05, 4.69) is 46.1 Å². The van der Waals surface area contributed by atoms with E-state index >= 15 is 0 Å². The molecule has 1 fully saturated rings. The largest absolute Gasteiger partial charge is 0.368 e. The number of benzene rings is 1. The molecule has 1 aliphatic heterocycles. The van der Waals surface area contributed by atoms with Crippen molar-refractivity contribution in [3.05, 3.63) is 36.5 Å². The molecular formula is C17H25N3. The van der Waals surface area contributed by atoms with E-state index in [9.17, 15) is 0 Å². The molecule has 0 unspecified atom stereocenters. The van der Waals surface area contributed by atoms with Crippen molar-refractivity contribution in [1.29, 1.82) is 0 Å². The molecule has 0 atom stereocenters. The molecule has 20 heavy (non-hydrogen) atoms. The van der Waals surface area contributed by atoms with Crippen LogP contribution >= 0.6 is 0 Å². The molecule has 0 bridgehead atoms. The van der Waals surface area contributed by atoms with E-state index in [0.717, 1.165) is 25.2 Å². The lowest BCUT2D eigenvalue weighted by Gasteiger charge is -2.23. The monoisotopic (exact) mass is 271 g/mol. The molecule has 3 nitrogen and oxygen atoms in total. The molecule has 0 N–H and O–H groups in total. The highest BCUT2D eigenvalue weighted by Gasteiger charge is 2.14. The minimum Gasteiger partial charge on any atom is -0.368 e. The molecule has 0 spiro atoms. The summed E-state index contributed by atoms with van der Waals surface area (Å²) in [4.78, 5) is 9.42. The second-order valence-electron chi connectivity index (χ2n) is 5.00. The van der Waals surface area contributed by atoms with Gasteiger partial charge >= 0.3 is 0 Å². The molecule has 0 amide bonds. The maximum atomic E-state index is 4.55. The molecule has 108 valence electrons. The van der Waals surface area contributed by atoms with Crippen LogP contribution in [-0.4, -0.2) is 43.1 Å². The van der Waals surface area contributed by atoms with Crippen LogP contribution in [0.1, 0.15) is 20.3 Å². The van der Waals surface area contributed by atoms with Crippen LogP contribution in [0, 0.1) is 0 Å². The molecular weight excluding hydrogens is 246 g/mol. The average molecular weight is 271 g/mol. The van der Waals surface area contributed by atoms with Gasteiger partial charge in [-0.05, 0) is 32.1 Å². The van der Waals surface area contributed by atoms with Crippen molar-refractivity contribution in [1.82, 2.24) is 9.88 Å². The number of rotatable bonds is 1. The Balaban J connectivity index is 0.000000704. The molecule has 3 rings (SSSR count). The number of pyridine rings is 1. The summed E-state index contributed by atoms with van der Waals surface area (Å²) in [5, 5.41) is 1.23. The van der Waals surface area contributed by atoms with Crippen LogP contribution in [0.25, 0.3) is 10.9 Å². The first-order chi connectivity index (χ1) is 9.84. The second-order valence-corrected chi connectivity index (χ2v) is 5.00. The normalized spacial score (nSPS) is 16.4. The van der Waals surface area contributed by atoms with Gasteiger partial charge in [-0.3, -0.25) is 4.98 Å². The Hall–Kier alpha value is -1.61. The Labute approximate surface area is 122 Å². The number of para-hydroxylation sites is 1. The summed E-state index contributed by atoms with van der Waals surface area (Å²) in [6.45, 7) is 8.53. The molecule has 1 aliphatic rings. The highest BCUT2D eigenvalue weighted by molar-refractivity contribution is 5.90. The smallest absolute Gasteiger partial charge is 0.0935 e. The average Bonchev–Trinajstić information content (AvgIpc) is 2.73. The summed E-state index contributed by atoms with van der Waals surface area (Å²) >= 11 is 0. The molecule has 2 aromatic rings. The van der Waals surface area contributed by atoms with Gasteiger partial charge in [-0.15, -0.1) is 0 Å². The van der Waals surface area contributed by atoms with Gasteiger partial charge in [0, 0.05) is 31.2 Å². The van der Waals surface area contributed by atoms with Crippen LogP contribution in [0.3, 0.4) is 0 Å². The minimum atomic E-state index is 1.09. The van der Waals surface area contributed by atoms with Gasteiger partial charge in [-0.25, -0.2) is 0 Å². The minimum absolute atomic E-state index is 1.09. The second kappa shape index (κ2) is 7.25. The Kier molecular flexibility index (Phi) is 5.36. The van der Waals surface area contributed by atoms with Gasteiger partial charge in [-0.2, -0.15) is 0 Å². The van der Waals surface area contributed by atoms with E-state index in [0.29, 0.717) is 0 Å². The summed E-state index contributed by atoms with van der Waals surface area (Å²) in [6, 6.07) is 10.6. The first kappa shape index (κ1) is 14.8. The molecule has 1 aromatic heterocycles. The number of hydrogen-bond donors (Lipinski definition) is 0. The van der Waals surface area contributed by atoms with Crippen molar-refractivity contribution in [2.75, 3.05) is 38.1 Å². The fraction of sp³-hybridized carbons (Fsp3) is 0.471. The quantitative estimate of drug-likeness (QED) is 0.792. The van der Waals surface area contributed by atoms with Crippen LogP contribution in [0.4, 0.5) is 5.69 Å². The molecule has 2 heterocycles. The zero-order valence-corrected chi connectivity index (χ0v) is 12.8. The van der Waals surface area contributed by atoms with Gasteiger partial charge in [0.1, 0.15) is 0 Å². The van der Waals surface area contributed by atoms with Crippen LogP contribution in [-0.2, 0) is 0 Å². The molecule has 1 saturated heterocycles. The molecule has 3 heteroatoms. The van der Waals surface area contributed by atoms with E-state index in [1.54, 1.807) is 0 Å². The third kappa shape index (κ3) is 3.28. The fourth-order valence-corrected chi connectivity index (χ4v) is 2.63. The standard InChI is InChI=1S/C15H19N3.C2H6/c1-17-9-4-10-18(12-11-17)14-7-2-5-13-6-3-8-16-15(13)14;1-2/h2-3,5-8H,4,9-12H2,1H3;1-2H3. The van der Waals surface area contributed by atoms with Crippen molar-refractivity contribution >= 4 is 16.6 Å². The lowest BCUT2D eigenvalue weighted by Crippen LogP contribution is -2.28. The Bertz CT molecular complexity index is 533. The van der Waals surface area contributed by atoms with Gasteiger partial charge in [0.05, 0.1) is 11.2 Å². The lowest BCUT2D eigenvalue weighted by molar-refractivity contribution is 0.360. The summed E-state index contributed by atoms with van der Waals surface area (Å²) in [7, 11) is 2.20. The Morgan fingerprint density at radius 3 is 2.60 bits per heavy atom. The number of likely N-dealkylation sites (N-methyl/N-ethyl adjacent to an activating group) is 1. The SMILES string of the molecule is CC.CN1CCCN(c2cccc3cccnc23)CC1. The van der Waals surface area contributed by atoms with E-state index in [1.807, 2.05) is 26.1 Å². The fourth-order valence-electron chi connectivity index (χ4n) is 2.63. The van der Waals surface area contributed by atoms with Gasteiger partial charge in [-0.1, -0.05) is 32.0 Å². The summed E-state index contributed by atoms with van der Waals surface area (Å²) in [5.41, 5.74) is 2.41. The van der Waals surface area contributed by atoms with Crippen molar-refractivity contribution in [2.45, 2.75) is 20.3 Å². The van der Waals surface area contributed by atoms with Crippen LogP contribution in [0.2, 0.25) is 0 Å². The number of aromatic nitrogens is 1. The predicted octanol–water partition coefficient (Wildman–Crippen LogP) is 3.40. The van der Waals surface area contributed by atoms with E-state index in [1.165, 1.54) is 24.0 Å². The van der Waals surface area contributed by atoms with Gasteiger partial charge in [0.15, 0.2) is 0 Å². The highest BCUT2D eigenvalue weighted by Crippen LogP contribution is 2.25. The number of nitrogens with zero attached hydrogens (tertiary/aromatic N) is 3. The lowest BCUT2D eigenvalue weighted by atomic mass is 10.1. The highest BCUT2D eigenvalue weighted by atomic mass is 15.2. The summed E-state index contributed by atoms with van der Waals surface area (Å²) < 4.78 is 0. The number of fused-ring (bicyclic) bond motifs is 1. The van der Waals surface area contributed by atoms with Gasteiger partial charge in [0.25, 0.3) is 0 Å². The molecule has 0 aliphatic carbocycles. The number of hydrogen-bond acceptors (Lipinski definition) is 3. The van der Waals surface area contributed by atoms with Crippen LogP contribution in [0.15, 0.2) is 36.5 Å². The Morgan fingerprint density at radius 1 is 0.950 bits per heavy atom. The molecule has 1 aromatic carbocycles. The van der Waals surface area contributed by atoms with Crippen molar-refractivity contribution in [3.8, 4) is 0 Å². The van der Waals surface area contributed by atoms with Crippen LogP contribution in [0.5, 0.6) is 0 Å². The van der Waals surface area contributed by atoms with Crippen molar-refractivity contribution in [2.24, 2.45) is 0 Å². The van der Waals surface area contributed by atoms with E-state index in [4.69, 9.17) is 0 Å². The van der Waals surface area contributed by atoms with E-state index < -0.39 is 0 Å². The van der Waals surface area contributed by atoms with Gasteiger partial charge in [0.2, 0.25) is 0 Å². The number of anilines is 1. The summed E-state index contributed by atoms with van der Waals surface area (Å²) in [6.07, 6.45) is 3.11. The first-order valence-electron chi connectivity index (χ1n) is 7.62. The summed E-state index contributed by atoms with van der Waals surface area (Å²) in [5.74, 6) is 0. The van der Waals surface area contributed by atoms with Crippen LogP contribution < -0.4 is 4.90 Å². The van der Waals surface area contributed by atoms with Crippen molar-refractivity contribution < 1.29 is 0 Å². The zero-order chi connectivity index (χ0) is 14.4. The third-order valence-corrected chi connectivity index (χ3v) is 3.67. The zero-order valence-electron chi connectivity index (χ0n) is 12.8. The first-order valence-corrected chi connectivity index (χ1v) is 7.62. The van der Waals surface area contributed by atoms with Crippen molar-refractivity contribution in [3.63, 3.8) is 0 Å². The maximum absolute atomic E-state index is 4.55.